The Hall–Kier alpha value is -2.50. The third kappa shape index (κ3) is 2.97. The Morgan fingerprint density at radius 1 is 1.47 bits per heavy atom. The molecule has 17 heavy (non-hydrogen) atoms. The summed E-state index contributed by atoms with van der Waals surface area (Å²) < 4.78 is 5.24. The quantitative estimate of drug-likeness (QED) is 0.633. The van der Waals surface area contributed by atoms with E-state index in [0.29, 0.717) is 5.76 Å². The van der Waals surface area contributed by atoms with Crippen LogP contribution in [0.1, 0.15) is 22.0 Å². The monoisotopic (exact) mass is 230 g/mol. The van der Waals surface area contributed by atoms with Gasteiger partial charge in [0.25, 0.3) is 5.91 Å². The van der Waals surface area contributed by atoms with Gasteiger partial charge in [-0.3, -0.25) is 9.78 Å². The summed E-state index contributed by atoms with van der Waals surface area (Å²) in [6.45, 7) is 1.83. The molecule has 6 nitrogen and oxygen atoms in total. The van der Waals surface area contributed by atoms with Gasteiger partial charge in [0.2, 0.25) is 0 Å². The van der Waals surface area contributed by atoms with Crippen LogP contribution >= 0.6 is 0 Å². The predicted molar refractivity (Wildman–Crippen MR) is 60.5 cm³/mol. The smallest absolute Gasteiger partial charge is 0.291 e. The van der Waals surface area contributed by atoms with Gasteiger partial charge in [-0.25, -0.2) is 10.4 Å². The number of carbonyl (C=O) groups is 1. The Balaban J connectivity index is 1.95. The third-order valence-corrected chi connectivity index (χ3v) is 1.91. The fourth-order valence-electron chi connectivity index (χ4n) is 1.15. The molecule has 0 saturated heterocycles. The number of aryl methyl sites for hydroxylation is 1. The van der Waals surface area contributed by atoms with E-state index in [4.69, 9.17) is 4.42 Å². The second kappa shape index (κ2) is 5.02. The number of amides is 1. The van der Waals surface area contributed by atoms with Crippen molar-refractivity contribution in [3.05, 3.63) is 47.9 Å². The predicted octanol–water partition coefficient (Wildman–Crippen LogP) is 1.14. The van der Waals surface area contributed by atoms with Crippen molar-refractivity contribution < 1.29 is 9.21 Å². The molecule has 0 aliphatic heterocycles. The molecule has 0 atom stereocenters. The number of furan rings is 1. The summed E-state index contributed by atoms with van der Waals surface area (Å²) in [5.74, 6) is 0.936. The maximum atomic E-state index is 11.5. The van der Waals surface area contributed by atoms with Gasteiger partial charge in [-0.2, -0.15) is 5.10 Å². The van der Waals surface area contributed by atoms with E-state index in [-0.39, 0.29) is 5.69 Å². The lowest BCUT2D eigenvalue weighted by Gasteiger charge is -1.96. The third-order valence-electron chi connectivity index (χ3n) is 1.91. The van der Waals surface area contributed by atoms with E-state index in [1.807, 2.05) is 13.0 Å². The van der Waals surface area contributed by atoms with Gasteiger partial charge in [-0.1, -0.05) is 0 Å². The number of hydrogen-bond acceptors (Lipinski definition) is 5. The van der Waals surface area contributed by atoms with Crippen molar-refractivity contribution in [1.29, 1.82) is 0 Å². The highest BCUT2D eigenvalue weighted by atomic mass is 16.3. The van der Waals surface area contributed by atoms with Gasteiger partial charge >= 0.3 is 0 Å². The number of aromatic nitrogens is 2. The van der Waals surface area contributed by atoms with Gasteiger partial charge < -0.3 is 4.42 Å². The van der Waals surface area contributed by atoms with Crippen molar-refractivity contribution in [2.45, 2.75) is 6.92 Å². The number of nitrogens with one attached hydrogen (secondary N) is 1. The van der Waals surface area contributed by atoms with Crippen LogP contribution in [0.3, 0.4) is 0 Å². The number of nitrogens with zero attached hydrogens (tertiary/aromatic N) is 3. The first-order valence-electron chi connectivity index (χ1n) is 4.91. The molecule has 0 radical (unpaired) electrons. The summed E-state index contributed by atoms with van der Waals surface area (Å²) in [4.78, 5) is 19.1. The minimum absolute atomic E-state index is 0.209. The van der Waals surface area contributed by atoms with E-state index < -0.39 is 5.91 Å². The van der Waals surface area contributed by atoms with Crippen molar-refractivity contribution in [1.82, 2.24) is 15.4 Å². The van der Waals surface area contributed by atoms with Crippen LogP contribution in [0.25, 0.3) is 0 Å². The minimum Gasteiger partial charge on any atom is -0.460 e. The summed E-state index contributed by atoms with van der Waals surface area (Å²) in [6.07, 6.45) is 5.71. The van der Waals surface area contributed by atoms with E-state index in [1.165, 1.54) is 24.8 Å². The molecule has 2 rings (SSSR count). The molecule has 2 aromatic heterocycles. The van der Waals surface area contributed by atoms with Crippen LogP contribution in [0.15, 0.2) is 40.2 Å². The van der Waals surface area contributed by atoms with Crippen LogP contribution in [0.2, 0.25) is 0 Å². The molecule has 0 aliphatic rings. The van der Waals surface area contributed by atoms with E-state index >= 15 is 0 Å². The van der Waals surface area contributed by atoms with Gasteiger partial charge in [-0.05, 0) is 19.1 Å². The summed E-state index contributed by atoms with van der Waals surface area (Å²) in [7, 11) is 0. The van der Waals surface area contributed by atoms with Crippen molar-refractivity contribution in [2.24, 2.45) is 5.10 Å². The molecule has 1 N–H and O–H groups in total. The summed E-state index contributed by atoms with van der Waals surface area (Å²) >= 11 is 0. The topological polar surface area (TPSA) is 80.4 Å². The minimum atomic E-state index is -0.419. The zero-order chi connectivity index (χ0) is 12.1. The SMILES string of the molecule is Cc1ccc(/C=N/NC(=O)c2cnccn2)o1. The molecule has 0 aliphatic carbocycles. The lowest BCUT2D eigenvalue weighted by Crippen LogP contribution is -2.18. The zero-order valence-corrected chi connectivity index (χ0v) is 9.12. The molecule has 0 fully saturated rings. The molecule has 86 valence electrons. The second-order valence-electron chi connectivity index (χ2n) is 3.24. The first kappa shape index (κ1) is 11.0. The average Bonchev–Trinajstić information content (AvgIpc) is 2.76. The Morgan fingerprint density at radius 2 is 2.35 bits per heavy atom. The molecule has 0 unspecified atom stereocenters. The first-order chi connectivity index (χ1) is 8.25. The Bertz CT molecular complexity index is 533. The Morgan fingerprint density at radius 3 is 3.00 bits per heavy atom. The summed E-state index contributed by atoms with van der Waals surface area (Å²) in [5.41, 5.74) is 2.53. The lowest BCUT2D eigenvalue weighted by atomic mass is 10.4. The van der Waals surface area contributed by atoms with E-state index in [9.17, 15) is 4.79 Å². The van der Waals surface area contributed by atoms with E-state index in [2.05, 4.69) is 20.5 Å². The molecule has 2 heterocycles. The fourth-order valence-corrected chi connectivity index (χ4v) is 1.15. The van der Waals surface area contributed by atoms with Gasteiger partial charge in [0.1, 0.15) is 17.2 Å². The Kier molecular flexibility index (Phi) is 3.25. The fraction of sp³-hybridized carbons (Fsp3) is 0.0909. The first-order valence-corrected chi connectivity index (χ1v) is 4.91. The van der Waals surface area contributed by atoms with Crippen LogP contribution in [0.4, 0.5) is 0 Å². The molecule has 0 spiro atoms. The Labute approximate surface area is 97.4 Å². The number of hydrazone groups is 1. The normalized spacial score (nSPS) is 10.6. The second-order valence-corrected chi connectivity index (χ2v) is 3.24. The molecule has 0 aromatic carbocycles. The highest BCUT2D eigenvalue weighted by molar-refractivity contribution is 5.92. The van der Waals surface area contributed by atoms with Crippen LogP contribution < -0.4 is 5.43 Å². The number of rotatable bonds is 3. The van der Waals surface area contributed by atoms with Crippen molar-refractivity contribution in [2.75, 3.05) is 0 Å². The van der Waals surface area contributed by atoms with Crippen LogP contribution in [-0.2, 0) is 0 Å². The van der Waals surface area contributed by atoms with Crippen LogP contribution in [-0.4, -0.2) is 22.1 Å². The summed E-state index contributed by atoms with van der Waals surface area (Å²) in [6, 6.07) is 3.57. The standard InChI is InChI=1S/C11H10N4O2/c1-8-2-3-9(17-8)6-14-15-11(16)10-7-12-4-5-13-10/h2-7H,1H3,(H,15,16)/b14-6+. The highest BCUT2D eigenvalue weighted by Crippen LogP contribution is 2.02. The maximum Gasteiger partial charge on any atom is 0.291 e. The largest absolute Gasteiger partial charge is 0.460 e. The van der Waals surface area contributed by atoms with E-state index in [1.54, 1.807) is 6.07 Å². The number of hydrogen-bond donors (Lipinski definition) is 1. The molecular formula is C11H10N4O2. The zero-order valence-electron chi connectivity index (χ0n) is 9.12. The maximum absolute atomic E-state index is 11.5. The molecule has 0 saturated carbocycles. The molecule has 6 heteroatoms. The highest BCUT2D eigenvalue weighted by Gasteiger charge is 2.04. The van der Waals surface area contributed by atoms with E-state index in [0.717, 1.165) is 5.76 Å². The van der Waals surface area contributed by atoms with Gasteiger partial charge in [-0.15, -0.1) is 0 Å². The molecule has 2 aromatic rings. The summed E-state index contributed by atoms with van der Waals surface area (Å²) in [5, 5.41) is 3.75. The van der Waals surface area contributed by atoms with Crippen LogP contribution in [0.5, 0.6) is 0 Å². The van der Waals surface area contributed by atoms with Crippen molar-refractivity contribution >= 4 is 12.1 Å². The lowest BCUT2D eigenvalue weighted by molar-refractivity contribution is 0.0949. The van der Waals surface area contributed by atoms with Crippen molar-refractivity contribution in [3.63, 3.8) is 0 Å². The van der Waals surface area contributed by atoms with Crippen LogP contribution in [0, 0.1) is 6.92 Å². The molecular weight excluding hydrogens is 220 g/mol. The molecule has 0 bridgehead atoms. The van der Waals surface area contributed by atoms with Gasteiger partial charge in [0.05, 0.1) is 12.4 Å². The van der Waals surface area contributed by atoms with Crippen molar-refractivity contribution in [3.8, 4) is 0 Å². The average molecular weight is 230 g/mol. The van der Waals surface area contributed by atoms with Gasteiger partial charge in [0.15, 0.2) is 0 Å². The molecule has 1 amide bonds. The number of carbonyl (C=O) groups excluding carboxylic acids is 1. The van der Waals surface area contributed by atoms with Gasteiger partial charge in [0, 0.05) is 12.4 Å².